The van der Waals surface area contributed by atoms with Crippen molar-refractivity contribution in [1.82, 2.24) is 34.2 Å². The topological polar surface area (TPSA) is 151 Å². The van der Waals surface area contributed by atoms with Gasteiger partial charge in [-0.25, -0.2) is 38.5 Å². The van der Waals surface area contributed by atoms with Gasteiger partial charge in [0, 0.05) is 55.7 Å². The minimum Gasteiger partial charge on any atom is -0.364 e. The number of nitrogens with one attached hydrogen (secondary N) is 2. The number of fused-ring (bicyclic) bond motifs is 1. The average Bonchev–Trinajstić information content (AvgIpc) is 3.84. The van der Waals surface area contributed by atoms with Gasteiger partial charge in [0.15, 0.2) is 5.65 Å². The number of amides is 4. The summed E-state index contributed by atoms with van der Waals surface area (Å²) < 4.78 is 29.5. The first-order chi connectivity index (χ1) is 20.6. The Labute approximate surface area is 243 Å². The van der Waals surface area contributed by atoms with E-state index in [1.807, 2.05) is 13.0 Å². The standard InChI is InChI=1S/C28H26F2N10O3/c1-14-3-4-31-24(35-14)17-6-18(17)26(42)37-22-7-21(33-13-34-22)32-9-16-11-39-10-15(19-8-28(19,29)30)5-20(25(39)36-16)40-12-23(41)38(2)27(40)43/h3-5,7,10-11,13,17-19H,6,8-9,12H2,1-2H3,(H2,32,33,34,37,42)/t17-,18-,19?/m0/s1. The van der Waals surface area contributed by atoms with Gasteiger partial charge in [-0.3, -0.25) is 19.4 Å². The SMILES string of the molecule is Cc1ccnc([C@H]2C[C@@H]2C(=O)Nc2cc(NCc3cn4cc(C5CC5(F)F)cc(N5CC(=O)N(C)C5=O)c4n3)ncn2)n1. The van der Waals surface area contributed by atoms with Gasteiger partial charge in [-0.2, -0.15) is 0 Å². The van der Waals surface area contributed by atoms with E-state index in [9.17, 15) is 23.2 Å². The predicted octanol–water partition coefficient (Wildman–Crippen LogP) is 3.10. The minimum atomic E-state index is -2.81. The second-order valence-electron chi connectivity index (χ2n) is 11.1. The molecule has 0 aromatic carbocycles. The highest BCUT2D eigenvalue weighted by atomic mass is 19.3. The molecule has 1 unspecified atom stereocenters. The molecule has 2 saturated carbocycles. The number of urea groups is 1. The molecule has 43 heavy (non-hydrogen) atoms. The number of carbonyl (C=O) groups is 3. The maximum Gasteiger partial charge on any atom is 0.331 e. The van der Waals surface area contributed by atoms with E-state index in [4.69, 9.17) is 0 Å². The number of rotatable bonds is 8. The number of aromatic nitrogens is 6. The number of nitrogens with zero attached hydrogens (tertiary/aromatic N) is 8. The van der Waals surface area contributed by atoms with E-state index in [0.717, 1.165) is 10.6 Å². The van der Waals surface area contributed by atoms with Crippen LogP contribution in [-0.4, -0.2) is 71.6 Å². The van der Waals surface area contributed by atoms with Crippen molar-refractivity contribution in [2.75, 3.05) is 29.1 Å². The lowest BCUT2D eigenvalue weighted by atomic mass is 10.1. The maximum atomic E-state index is 14.0. The van der Waals surface area contributed by atoms with Gasteiger partial charge < -0.3 is 15.0 Å². The van der Waals surface area contributed by atoms with Crippen LogP contribution in [0.1, 0.15) is 47.5 Å². The lowest BCUT2D eigenvalue weighted by Crippen LogP contribution is -2.30. The second-order valence-corrected chi connectivity index (χ2v) is 11.1. The van der Waals surface area contributed by atoms with Crippen LogP contribution < -0.4 is 15.5 Å². The van der Waals surface area contributed by atoms with Gasteiger partial charge >= 0.3 is 6.03 Å². The smallest absolute Gasteiger partial charge is 0.331 e. The van der Waals surface area contributed by atoms with E-state index in [2.05, 4.69) is 35.6 Å². The summed E-state index contributed by atoms with van der Waals surface area (Å²) in [6.07, 6.45) is 6.65. The summed E-state index contributed by atoms with van der Waals surface area (Å²) in [4.78, 5) is 61.7. The fraction of sp³-hybridized carbons (Fsp3) is 0.357. The first-order valence-corrected chi connectivity index (χ1v) is 13.7. The van der Waals surface area contributed by atoms with Crippen LogP contribution in [0.2, 0.25) is 0 Å². The number of halogens is 2. The number of anilines is 3. The van der Waals surface area contributed by atoms with Crippen molar-refractivity contribution in [3.05, 3.63) is 65.9 Å². The number of carbonyl (C=O) groups excluding carboxylic acids is 3. The number of imide groups is 1. The molecule has 4 aromatic heterocycles. The zero-order valence-electron chi connectivity index (χ0n) is 23.2. The molecule has 1 saturated heterocycles. The normalized spacial score (nSPS) is 22.3. The Bertz CT molecular complexity index is 1810. The zero-order chi connectivity index (χ0) is 30.0. The van der Waals surface area contributed by atoms with E-state index in [-0.39, 0.29) is 42.9 Å². The summed E-state index contributed by atoms with van der Waals surface area (Å²) in [5, 5.41) is 5.96. The average molecular weight is 589 g/mol. The lowest BCUT2D eigenvalue weighted by molar-refractivity contribution is -0.124. The summed E-state index contributed by atoms with van der Waals surface area (Å²) in [5.41, 5.74) is 2.39. The monoisotopic (exact) mass is 588 g/mol. The quantitative estimate of drug-likeness (QED) is 0.296. The fourth-order valence-electron chi connectivity index (χ4n) is 5.33. The molecule has 3 aliphatic rings. The molecule has 0 bridgehead atoms. The number of likely N-dealkylation sites (N-methyl/N-ethyl adjacent to an activating group) is 1. The largest absolute Gasteiger partial charge is 0.364 e. The van der Waals surface area contributed by atoms with Gasteiger partial charge in [-0.05, 0) is 31.0 Å². The molecule has 15 heteroatoms. The van der Waals surface area contributed by atoms with Crippen LogP contribution in [-0.2, 0) is 16.1 Å². The van der Waals surface area contributed by atoms with Crippen LogP contribution in [0.5, 0.6) is 0 Å². The summed E-state index contributed by atoms with van der Waals surface area (Å²) in [5.74, 6) is -3.20. The lowest BCUT2D eigenvalue weighted by Gasteiger charge is -2.17. The number of hydrogen-bond donors (Lipinski definition) is 2. The summed E-state index contributed by atoms with van der Waals surface area (Å²) >= 11 is 0. The third kappa shape index (κ3) is 5.00. The molecule has 3 atom stereocenters. The molecule has 3 fully saturated rings. The first-order valence-electron chi connectivity index (χ1n) is 13.7. The van der Waals surface area contributed by atoms with Gasteiger partial charge in [-0.1, -0.05) is 0 Å². The number of imidazole rings is 1. The van der Waals surface area contributed by atoms with Crippen molar-refractivity contribution in [2.24, 2.45) is 5.92 Å². The molecule has 0 radical (unpaired) electrons. The van der Waals surface area contributed by atoms with Crippen molar-refractivity contribution >= 4 is 40.8 Å². The Morgan fingerprint density at radius 3 is 2.63 bits per heavy atom. The molecule has 13 nitrogen and oxygen atoms in total. The summed E-state index contributed by atoms with van der Waals surface area (Å²) in [6, 6.07) is 4.37. The fourth-order valence-corrected chi connectivity index (χ4v) is 5.33. The van der Waals surface area contributed by atoms with Crippen molar-refractivity contribution < 1.29 is 23.2 Å². The molecule has 7 rings (SSSR count). The van der Waals surface area contributed by atoms with Gasteiger partial charge in [0.25, 0.3) is 5.92 Å². The highest BCUT2D eigenvalue weighted by molar-refractivity contribution is 6.13. The molecule has 5 heterocycles. The molecule has 1 aliphatic heterocycles. The first kappa shape index (κ1) is 26.8. The van der Waals surface area contributed by atoms with Gasteiger partial charge in [0.05, 0.1) is 23.8 Å². The van der Waals surface area contributed by atoms with Crippen molar-refractivity contribution in [3.63, 3.8) is 0 Å². The van der Waals surface area contributed by atoms with Crippen LogP contribution in [0.3, 0.4) is 0 Å². The van der Waals surface area contributed by atoms with Crippen molar-refractivity contribution in [1.29, 1.82) is 0 Å². The molecule has 4 aromatic rings. The third-order valence-electron chi connectivity index (χ3n) is 7.95. The van der Waals surface area contributed by atoms with Crippen molar-refractivity contribution in [3.8, 4) is 0 Å². The van der Waals surface area contributed by atoms with Crippen LogP contribution in [0, 0.1) is 12.8 Å². The van der Waals surface area contributed by atoms with Gasteiger partial charge in [0.1, 0.15) is 30.3 Å². The molecule has 220 valence electrons. The van der Waals surface area contributed by atoms with E-state index in [1.54, 1.807) is 29.1 Å². The molecule has 4 amide bonds. The molecule has 2 N–H and O–H groups in total. The van der Waals surface area contributed by atoms with Gasteiger partial charge in [-0.15, -0.1) is 0 Å². The highest BCUT2D eigenvalue weighted by Gasteiger charge is 2.58. The predicted molar refractivity (Wildman–Crippen MR) is 149 cm³/mol. The number of hydrogen-bond acceptors (Lipinski definition) is 9. The Morgan fingerprint density at radius 1 is 1.12 bits per heavy atom. The van der Waals surface area contributed by atoms with Crippen LogP contribution >= 0.6 is 0 Å². The Balaban J connectivity index is 1.07. The maximum absolute atomic E-state index is 14.0. The Hall–Kier alpha value is -5.08. The number of aryl methyl sites for hydroxylation is 1. The van der Waals surface area contributed by atoms with E-state index in [0.29, 0.717) is 40.8 Å². The Kier molecular flexibility index (Phi) is 6.07. The Morgan fingerprint density at radius 2 is 1.91 bits per heavy atom. The van der Waals surface area contributed by atoms with Crippen LogP contribution in [0.4, 0.5) is 30.9 Å². The number of pyridine rings is 1. The van der Waals surface area contributed by atoms with Crippen LogP contribution in [0.25, 0.3) is 5.65 Å². The van der Waals surface area contributed by atoms with Crippen molar-refractivity contribution in [2.45, 2.75) is 44.1 Å². The number of alkyl halides is 2. The van der Waals surface area contributed by atoms with E-state index >= 15 is 0 Å². The summed E-state index contributed by atoms with van der Waals surface area (Å²) in [7, 11) is 1.38. The van der Waals surface area contributed by atoms with Gasteiger partial charge in [0.2, 0.25) is 11.8 Å². The highest BCUT2D eigenvalue weighted by Crippen LogP contribution is 2.56. The third-order valence-corrected chi connectivity index (χ3v) is 7.95. The second kappa shape index (κ2) is 9.74. The van der Waals surface area contributed by atoms with E-state index < -0.39 is 23.8 Å². The molecular weight excluding hydrogens is 562 g/mol. The zero-order valence-corrected chi connectivity index (χ0v) is 23.2. The minimum absolute atomic E-state index is 0.0275. The molecule has 2 aliphatic carbocycles. The van der Waals surface area contributed by atoms with E-state index in [1.165, 1.54) is 24.3 Å². The van der Waals surface area contributed by atoms with Crippen LogP contribution in [0.15, 0.2) is 43.1 Å². The molecule has 0 spiro atoms. The molecular formula is C28H26F2N10O3. The summed E-state index contributed by atoms with van der Waals surface area (Å²) in [6.45, 7) is 1.87.